The van der Waals surface area contributed by atoms with Gasteiger partial charge in [0.1, 0.15) is 5.82 Å². The highest BCUT2D eigenvalue weighted by atomic mass is 35.5. The molecule has 0 bridgehead atoms. The minimum absolute atomic E-state index is 0.539. The summed E-state index contributed by atoms with van der Waals surface area (Å²) >= 11 is 12.1. The van der Waals surface area contributed by atoms with Crippen LogP contribution in [-0.2, 0) is 0 Å². The Morgan fingerprint density at radius 1 is 0.885 bits per heavy atom. The predicted octanol–water partition coefficient (Wildman–Crippen LogP) is 5.04. The minimum atomic E-state index is 0.539. The second-order valence-corrected chi connectivity index (χ2v) is 7.43. The van der Waals surface area contributed by atoms with Gasteiger partial charge in [-0.1, -0.05) is 29.3 Å². The van der Waals surface area contributed by atoms with Gasteiger partial charge >= 0.3 is 0 Å². The number of likely N-dealkylation sites (N-methyl/N-ethyl adjacent to an activating group) is 1. The van der Waals surface area contributed by atoms with E-state index in [1.807, 2.05) is 18.3 Å². The van der Waals surface area contributed by atoms with Crippen molar-refractivity contribution in [3.63, 3.8) is 0 Å². The second-order valence-electron chi connectivity index (χ2n) is 6.61. The van der Waals surface area contributed by atoms with Crippen LogP contribution in [0.2, 0.25) is 10.0 Å². The minimum Gasteiger partial charge on any atom is -0.355 e. The Kier molecular flexibility index (Phi) is 4.90. The third-order valence-electron chi connectivity index (χ3n) is 4.76. The molecule has 4 rings (SSSR count). The number of piperazine rings is 1. The van der Waals surface area contributed by atoms with Crippen LogP contribution in [0.3, 0.4) is 0 Å². The molecule has 1 N–H and O–H groups in total. The van der Waals surface area contributed by atoms with E-state index >= 15 is 0 Å². The van der Waals surface area contributed by atoms with Gasteiger partial charge < -0.3 is 15.1 Å². The van der Waals surface area contributed by atoms with Crippen molar-refractivity contribution in [1.29, 1.82) is 0 Å². The van der Waals surface area contributed by atoms with Gasteiger partial charge in [0.05, 0.1) is 10.0 Å². The molecule has 1 aliphatic rings. The summed E-state index contributed by atoms with van der Waals surface area (Å²) in [6.45, 7) is 4.10. The Morgan fingerprint density at radius 3 is 2.38 bits per heavy atom. The lowest BCUT2D eigenvalue weighted by Gasteiger charge is -2.33. The molecule has 0 aliphatic carbocycles. The van der Waals surface area contributed by atoms with Crippen LogP contribution in [0.25, 0.3) is 10.8 Å². The van der Waals surface area contributed by atoms with Crippen LogP contribution in [0.4, 0.5) is 17.2 Å². The maximum Gasteiger partial charge on any atom is 0.136 e. The molecule has 0 saturated carbocycles. The first-order chi connectivity index (χ1) is 12.6. The molecule has 2 aromatic carbocycles. The zero-order valence-electron chi connectivity index (χ0n) is 14.5. The molecule has 2 heterocycles. The fraction of sp³-hybridized carbons (Fsp3) is 0.250. The Labute approximate surface area is 163 Å². The van der Waals surface area contributed by atoms with Crippen molar-refractivity contribution in [2.75, 3.05) is 43.4 Å². The van der Waals surface area contributed by atoms with E-state index in [0.717, 1.165) is 48.8 Å². The maximum atomic E-state index is 6.12. The summed E-state index contributed by atoms with van der Waals surface area (Å²) in [5.74, 6) is 1.05. The van der Waals surface area contributed by atoms with Gasteiger partial charge in [-0.3, -0.25) is 0 Å². The quantitative estimate of drug-likeness (QED) is 0.683. The SMILES string of the molecule is CN1CCN(c2nccc3ccc(Nc4ccc(Cl)c(Cl)c4)cc23)CC1. The van der Waals surface area contributed by atoms with Gasteiger partial charge in [0.2, 0.25) is 0 Å². The zero-order chi connectivity index (χ0) is 18.1. The van der Waals surface area contributed by atoms with Gasteiger partial charge in [0.15, 0.2) is 0 Å². The fourth-order valence-corrected chi connectivity index (χ4v) is 3.54. The van der Waals surface area contributed by atoms with Crippen molar-refractivity contribution < 1.29 is 0 Å². The summed E-state index contributed by atoms with van der Waals surface area (Å²) in [5, 5.41) is 6.84. The van der Waals surface area contributed by atoms with E-state index in [1.54, 1.807) is 6.07 Å². The number of anilines is 3. The predicted molar refractivity (Wildman–Crippen MR) is 111 cm³/mol. The van der Waals surface area contributed by atoms with Crippen LogP contribution in [-0.4, -0.2) is 43.1 Å². The van der Waals surface area contributed by atoms with E-state index < -0.39 is 0 Å². The summed E-state index contributed by atoms with van der Waals surface area (Å²) in [6.07, 6.45) is 1.89. The highest BCUT2D eigenvalue weighted by Crippen LogP contribution is 2.31. The van der Waals surface area contributed by atoms with Crippen LogP contribution in [0.5, 0.6) is 0 Å². The number of hydrogen-bond acceptors (Lipinski definition) is 4. The normalized spacial score (nSPS) is 15.4. The van der Waals surface area contributed by atoms with Crippen LogP contribution in [0.1, 0.15) is 0 Å². The summed E-state index contributed by atoms with van der Waals surface area (Å²) in [7, 11) is 2.16. The van der Waals surface area contributed by atoms with Gasteiger partial charge in [-0.2, -0.15) is 0 Å². The van der Waals surface area contributed by atoms with E-state index in [2.05, 4.69) is 51.4 Å². The molecule has 0 spiro atoms. The molecule has 0 radical (unpaired) electrons. The Bertz CT molecular complexity index is 936. The number of hydrogen-bond donors (Lipinski definition) is 1. The van der Waals surface area contributed by atoms with E-state index in [-0.39, 0.29) is 0 Å². The van der Waals surface area contributed by atoms with E-state index in [0.29, 0.717) is 10.0 Å². The lowest BCUT2D eigenvalue weighted by molar-refractivity contribution is 0.312. The van der Waals surface area contributed by atoms with Crippen LogP contribution in [0.15, 0.2) is 48.7 Å². The van der Waals surface area contributed by atoms with Gasteiger partial charge in [-0.05, 0) is 48.8 Å². The van der Waals surface area contributed by atoms with E-state index in [4.69, 9.17) is 23.2 Å². The number of fused-ring (bicyclic) bond motifs is 1. The van der Waals surface area contributed by atoms with E-state index in [1.165, 1.54) is 5.39 Å². The number of aromatic nitrogens is 1. The molecule has 1 aromatic heterocycles. The standard InChI is InChI=1S/C20H20Cl2N4/c1-25-8-10-26(11-9-25)20-17-12-15(3-2-14(17)6-7-23-20)24-16-4-5-18(21)19(22)13-16/h2-7,12-13,24H,8-11H2,1H3. The molecule has 1 aliphatic heterocycles. The number of benzene rings is 2. The smallest absolute Gasteiger partial charge is 0.136 e. The third-order valence-corrected chi connectivity index (χ3v) is 5.50. The highest BCUT2D eigenvalue weighted by Gasteiger charge is 2.17. The molecule has 1 fully saturated rings. The van der Waals surface area contributed by atoms with Gasteiger partial charge in [0.25, 0.3) is 0 Å². The van der Waals surface area contributed by atoms with Gasteiger partial charge in [-0.25, -0.2) is 4.98 Å². The number of halogens is 2. The molecule has 4 nitrogen and oxygen atoms in total. The van der Waals surface area contributed by atoms with Gasteiger partial charge in [-0.15, -0.1) is 0 Å². The fourth-order valence-electron chi connectivity index (χ4n) is 3.24. The van der Waals surface area contributed by atoms with Crippen LogP contribution < -0.4 is 10.2 Å². The largest absolute Gasteiger partial charge is 0.355 e. The zero-order valence-corrected chi connectivity index (χ0v) is 16.1. The van der Waals surface area contributed by atoms with Crippen molar-refractivity contribution in [3.8, 4) is 0 Å². The summed E-state index contributed by atoms with van der Waals surface area (Å²) in [5.41, 5.74) is 1.91. The second kappa shape index (κ2) is 7.31. The van der Waals surface area contributed by atoms with Crippen molar-refractivity contribution in [3.05, 3.63) is 58.7 Å². The molecular weight excluding hydrogens is 367 g/mol. The summed E-state index contributed by atoms with van der Waals surface area (Å²) < 4.78 is 0. The Balaban J connectivity index is 1.67. The monoisotopic (exact) mass is 386 g/mol. The average molecular weight is 387 g/mol. The first-order valence-electron chi connectivity index (χ1n) is 8.64. The molecule has 1 saturated heterocycles. The van der Waals surface area contributed by atoms with Crippen molar-refractivity contribution in [2.24, 2.45) is 0 Å². The number of nitrogens with zero attached hydrogens (tertiary/aromatic N) is 3. The maximum absolute atomic E-state index is 6.12. The Hall–Kier alpha value is -2.01. The summed E-state index contributed by atoms with van der Waals surface area (Å²) in [4.78, 5) is 9.38. The average Bonchev–Trinajstić information content (AvgIpc) is 2.65. The molecule has 26 heavy (non-hydrogen) atoms. The Morgan fingerprint density at radius 2 is 1.62 bits per heavy atom. The van der Waals surface area contributed by atoms with Crippen LogP contribution in [0, 0.1) is 0 Å². The summed E-state index contributed by atoms with van der Waals surface area (Å²) in [6, 6.07) is 13.9. The molecule has 0 atom stereocenters. The topological polar surface area (TPSA) is 31.4 Å². The molecule has 0 amide bonds. The lowest BCUT2D eigenvalue weighted by Crippen LogP contribution is -2.44. The highest BCUT2D eigenvalue weighted by molar-refractivity contribution is 6.42. The number of nitrogens with one attached hydrogen (secondary N) is 1. The molecule has 6 heteroatoms. The van der Waals surface area contributed by atoms with Crippen molar-refractivity contribution in [1.82, 2.24) is 9.88 Å². The number of pyridine rings is 1. The lowest BCUT2D eigenvalue weighted by atomic mass is 10.1. The first kappa shape index (κ1) is 17.4. The van der Waals surface area contributed by atoms with Crippen molar-refractivity contribution in [2.45, 2.75) is 0 Å². The number of rotatable bonds is 3. The van der Waals surface area contributed by atoms with Gasteiger partial charge in [0, 0.05) is 49.1 Å². The van der Waals surface area contributed by atoms with Crippen molar-refractivity contribution >= 4 is 51.2 Å². The third kappa shape index (κ3) is 3.58. The molecule has 3 aromatic rings. The first-order valence-corrected chi connectivity index (χ1v) is 9.40. The van der Waals surface area contributed by atoms with E-state index in [9.17, 15) is 0 Å². The molecule has 0 unspecified atom stereocenters. The van der Waals surface area contributed by atoms with Crippen LogP contribution >= 0.6 is 23.2 Å². The molecule has 134 valence electrons. The molecular formula is C20H20Cl2N4.